The molecule has 8 rings (SSSR count). The first-order valence-electron chi connectivity index (χ1n) is 22.2. The average Bonchev–Trinajstić information content (AvgIpc) is 4.13. The van der Waals surface area contributed by atoms with E-state index in [0.717, 1.165) is 68.5 Å². The Labute approximate surface area is 412 Å². The first-order valence-corrected chi connectivity index (χ1v) is 25.6. The molecular weight excluding hydrogens is 941 g/mol. The number of nitrogen functional groups attached to an aromatic ring is 1. The fraction of sp³-hybridized carbons (Fsp3) is 0.375. The number of piperazine rings is 2. The zero-order chi connectivity index (χ0) is 48.8. The van der Waals surface area contributed by atoms with Gasteiger partial charge in [0.05, 0.1) is 34.1 Å². The van der Waals surface area contributed by atoms with Crippen molar-refractivity contribution in [1.29, 1.82) is 0 Å². The predicted octanol–water partition coefficient (Wildman–Crippen LogP) is 10.3. The number of anilines is 6. The van der Waals surface area contributed by atoms with E-state index >= 15 is 0 Å². The van der Waals surface area contributed by atoms with Crippen molar-refractivity contribution in [2.45, 2.75) is 66.6 Å². The maximum atomic E-state index is 13.4. The van der Waals surface area contributed by atoms with Crippen LogP contribution in [0.3, 0.4) is 0 Å². The molecule has 6 heterocycles. The molecule has 68 heavy (non-hydrogen) atoms. The van der Waals surface area contributed by atoms with Crippen molar-refractivity contribution in [3.05, 3.63) is 92.8 Å². The van der Waals surface area contributed by atoms with Gasteiger partial charge < -0.3 is 45.9 Å². The van der Waals surface area contributed by atoms with Gasteiger partial charge >= 0.3 is 12.2 Å². The highest BCUT2D eigenvalue weighted by Gasteiger charge is 2.29. The maximum Gasteiger partial charge on any atom is 0.412 e. The van der Waals surface area contributed by atoms with Gasteiger partial charge in [-0.25, -0.2) is 19.6 Å². The molecule has 2 saturated heterocycles. The molecule has 6 N–H and O–H groups in total. The summed E-state index contributed by atoms with van der Waals surface area (Å²) in [5.74, 6) is -0.605. The number of benzene rings is 2. The second-order valence-corrected chi connectivity index (χ2v) is 21.9. The second kappa shape index (κ2) is 21.5. The molecule has 16 nitrogen and oxygen atoms in total. The van der Waals surface area contributed by atoms with E-state index in [1.54, 1.807) is 54.4 Å². The number of rotatable bonds is 9. The van der Waals surface area contributed by atoms with Gasteiger partial charge in [0.1, 0.15) is 21.2 Å². The van der Waals surface area contributed by atoms with Crippen molar-refractivity contribution in [2.24, 2.45) is 0 Å². The molecule has 4 aromatic heterocycles. The Morgan fingerprint density at radius 3 is 1.65 bits per heavy atom. The lowest BCUT2D eigenvalue weighted by atomic mass is 10.1. The molecule has 0 atom stereocenters. The number of aryl methyl sites for hydroxylation is 2. The molecule has 0 spiro atoms. The van der Waals surface area contributed by atoms with Gasteiger partial charge in [-0.15, -0.1) is 22.7 Å². The standard InChI is InChI=1S/C29H37N5O5S2.C19H21N5OS2/c1-18-25(33-12-14-34(15-13-33)27(37)39-29(5,6)7)41-24(30-18)23(35)31-21-17-19(22-9-8-16-40-22)10-11-20(21)32-26(36)38-28(2,3)4;1-12-19(24-8-6-21-7-9-24)27-18(22-12)17(25)23-15-11-13(4-5-14(15)20)16-3-2-10-26-16/h8-11,16-17H,12-15H2,1-7H3,(H,31,35)(H,32,36);2-5,10-11,21H,6-9,20H2,1H3,(H,23,25). The number of ether oxygens (including phenoxy) is 2. The zero-order valence-electron chi connectivity index (χ0n) is 39.5. The number of aromatic nitrogens is 2. The molecule has 4 amide bonds. The summed E-state index contributed by atoms with van der Waals surface area (Å²) in [6.45, 7) is 20.7. The van der Waals surface area contributed by atoms with Crippen LogP contribution in [-0.2, 0) is 9.47 Å². The number of hydrogen-bond donors (Lipinski definition) is 5. The Morgan fingerprint density at radius 1 is 0.632 bits per heavy atom. The van der Waals surface area contributed by atoms with Gasteiger partial charge in [0.25, 0.3) is 11.8 Å². The molecule has 360 valence electrons. The van der Waals surface area contributed by atoms with E-state index in [1.165, 1.54) is 22.7 Å². The van der Waals surface area contributed by atoms with Crippen LogP contribution < -0.4 is 36.8 Å². The molecule has 0 saturated carbocycles. The molecule has 0 radical (unpaired) electrons. The van der Waals surface area contributed by atoms with Gasteiger partial charge in [-0.2, -0.15) is 0 Å². The van der Waals surface area contributed by atoms with E-state index in [9.17, 15) is 19.2 Å². The largest absolute Gasteiger partial charge is 0.444 e. The first-order chi connectivity index (χ1) is 32.3. The number of nitrogens with zero attached hydrogens (tertiary/aromatic N) is 5. The van der Waals surface area contributed by atoms with Crippen molar-refractivity contribution in [3.63, 3.8) is 0 Å². The summed E-state index contributed by atoms with van der Waals surface area (Å²) in [6.07, 6.45) is -0.936. The highest BCUT2D eigenvalue weighted by molar-refractivity contribution is 7.18. The van der Waals surface area contributed by atoms with Gasteiger partial charge in [0.2, 0.25) is 0 Å². The zero-order valence-corrected chi connectivity index (χ0v) is 42.7. The Hall–Kier alpha value is -6.06. The van der Waals surface area contributed by atoms with E-state index in [1.807, 2.05) is 100.0 Å². The van der Waals surface area contributed by atoms with E-state index in [-0.39, 0.29) is 17.9 Å². The third kappa shape index (κ3) is 13.1. The number of thiazole rings is 2. The summed E-state index contributed by atoms with van der Waals surface area (Å²) in [6, 6.07) is 19.2. The molecule has 20 heteroatoms. The molecule has 2 aromatic carbocycles. The van der Waals surface area contributed by atoms with Crippen LogP contribution in [0.15, 0.2) is 71.4 Å². The van der Waals surface area contributed by atoms with Crippen LogP contribution >= 0.6 is 45.3 Å². The minimum atomic E-state index is -0.669. The quantitative estimate of drug-likeness (QED) is 0.0861. The monoisotopic (exact) mass is 998 g/mol. The Kier molecular flexibility index (Phi) is 15.7. The van der Waals surface area contributed by atoms with Crippen LogP contribution in [0.4, 0.5) is 42.3 Å². The van der Waals surface area contributed by atoms with Crippen molar-refractivity contribution in [2.75, 3.05) is 83.8 Å². The Morgan fingerprint density at radius 2 is 1.13 bits per heavy atom. The topological polar surface area (TPSA) is 196 Å². The third-order valence-corrected chi connectivity index (χ3v) is 14.6. The normalized spacial score (nSPS) is 14.1. The predicted molar refractivity (Wildman–Crippen MR) is 278 cm³/mol. The lowest BCUT2D eigenvalue weighted by Crippen LogP contribution is -2.50. The summed E-state index contributed by atoms with van der Waals surface area (Å²) < 4.78 is 10.9. The smallest absolute Gasteiger partial charge is 0.412 e. The van der Waals surface area contributed by atoms with Gasteiger partial charge in [0, 0.05) is 62.1 Å². The highest BCUT2D eigenvalue weighted by atomic mass is 32.1. The van der Waals surface area contributed by atoms with Crippen LogP contribution in [0.25, 0.3) is 20.9 Å². The van der Waals surface area contributed by atoms with Crippen molar-refractivity contribution < 1.29 is 28.7 Å². The first kappa shape index (κ1) is 49.8. The van der Waals surface area contributed by atoms with Gasteiger partial charge in [0.15, 0.2) is 10.0 Å². The number of nitrogens with two attached hydrogens (primary N) is 1. The molecule has 2 aliphatic heterocycles. The van der Waals surface area contributed by atoms with Crippen molar-refractivity contribution in [1.82, 2.24) is 20.2 Å². The molecular formula is C48H58N10O6S4. The molecule has 0 bridgehead atoms. The van der Waals surface area contributed by atoms with Crippen LogP contribution in [0, 0.1) is 13.8 Å². The Balaban J connectivity index is 0.000000218. The molecule has 2 fully saturated rings. The van der Waals surface area contributed by atoms with Crippen LogP contribution in [-0.4, -0.2) is 102 Å². The third-order valence-electron chi connectivity index (χ3n) is 10.4. The van der Waals surface area contributed by atoms with Crippen molar-refractivity contribution >= 4 is 102 Å². The van der Waals surface area contributed by atoms with E-state index < -0.39 is 17.3 Å². The number of carbonyl (C=O) groups is 4. The summed E-state index contributed by atoms with van der Waals surface area (Å²) in [4.78, 5) is 68.5. The molecule has 0 unspecified atom stereocenters. The summed E-state index contributed by atoms with van der Waals surface area (Å²) >= 11 is 5.97. The second-order valence-electron chi connectivity index (χ2n) is 18.1. The molecule has 0 aliphatic carbocycles. The van der Waals surface area contributed by atoms with E-state index in [4.69, 9.17) is 15.2 Å². The van der Waals surface area contributed by atoms with E-state index in [0.29, 0.717) is 58.9 Å². The number of hydrogen-bond acceptors (Lipinski definition) is 16. The van der Waals surface area contributed by atoms with Crippen LogP contribution in [0.2, 0.25) is 0 Å². The van der Waals surface area contributed by atoms with E-state index in [2.05, 4.69) is 41.0 Å². The number of nitrogens with one attached hydrogen (secondary N) is 4. The molecule has 2 aliphatic rings. The highest BCUT2D eigenvalue weighted by Crippen LogP contribution is 2.36. The minimum Gasteiger partial charge on any atom is -0.444 e. The number of thiophene rings is 2. The van der Waals surface area contributed by atoms with Crippen LogP contribution in [0.5, 0.6) is 0 Å². The summed E-state index contributed by atoms with van der Waals surface area (Å²) in [5, 5.41) is 18.7. The average molecular weight is 999 g/mol. The van der Waals surface area contributed by atoms with Crippen molar-refractivity contribution in [3.8, 4) is 20.9 Å². The fourth-order valence-corrected chi connectivity index (χ4v) is 10.7. The fourth-order valence-electron chi connectivity index (χ4n) is 7.22. The SMILES string of the molecule is Cc1nc(C(=O)Nc2cc(-c3cccs3)ccc2N)sc1N1CCNCC1.Cc1nc(C(=O)Nc2cc(-c3cccs3)ccc2NC(=O)OC(C)(C)C)sc1N1CCN(C(=O)OC(C)(C)C)CC1. The minimum absolute atomic E-state index is 0.223. The Bertz CT molecular complexity index is 2710. The lowest BCUT2D eigenvalue weighted by Gasteiger charge is -2.36. The van der Waals surface area contributed by atoms with Gasteiger partial charge in [-0.3, -0.25) is 14.9 Å². The number of carbonyl (C=O) groups excluding carboxylic acids is 4. The summed E-state index contributed by atoms with van der Waals surface area (Å²) in [5.41, 5.74) is 10.4. The van der Waals surface area contributed by atoms with Gasteiger partial charge in [-0.05, 0) is 114 Å². The maximum absolute atomic E-state index is 13.4. The summed E-state index contributed by atoms with van der Waals surface area (Å²) in [7, 11) is 0. The lowest BCUT2D eigenvalue weighted by molar-refractivity contribution is 0.0240. The number of amides is 4. The van der Waals surface area contributed by atoms with Crippen LogP contribution in [0.1, 0.15) is 72.5 Å². The molecule has 6 aromatic rings. The van der Waals surface area contributed by atoms with Gasteiger partial charge in [-0.1, -0.05) is 46.9 Å².